The van der Waals surface area contributed by atoms with Crippen LogP contribution in [0.2, 0.25) is 5.02 Å². The van der Waals surface area contributed by atoms with Crippen LogP contribution < -0.4 is 15.6 Å². The molecule has 0 fully saturated rings. The summed E-state index contributed by atoms with van der Waals surface area (Å²) in [5.41, 5.74) is 5.13. The van der Waals surface area contributed by atoms with Crippen molar-refractivity contribution in [3.8, 4) is 11.8 Å². The summed E-state index contributed by atoms with van der Waals surface area (Å²) in [6.07, 6.45) is 0.254. The van der Waals surface area contributed by atoms with Crippen LogP contribution in [0.1, 0.15) is 12.0 Å². The zero-order chi connectivity index (χ0) is 18.8. The molecule has 0 atom stereocenters. The molecule has 2 aromatic rings. The van der Waals surface area contributed by atoms with Crippen molar-refractivity contribution in [3.63, 3.8) is 0 Å². The number of amides is 2. The van der Waals surface area contributed by atoms with Gasteiger partial charge >= 0.3 is 0 Å². The Hall–Kier alpha value is -2.69. The molecule has 0 bridgehead atoms. The smallest absolute Gasteiger partial charge is 0.276 e. The van der Waals surface area contributed by atoms with Gasteiger partial charge in [-0.3, -0.25) is 20.4 Å². The van der Waals surface area contributed by atoms with E-state index >= 15 is 0 Å². The maximum atomic E-state index is 11.7. The lowest BCUT2D eigenvalue weighted by atomic mass is 10.2. The van der Waals surface area contributed by atoms with Crippen LogP contribution in [0.4, 0.5) is 0 Å². The summed E-state index contributed by atoms with van der Waals surface area (Å²) in [7, 11) is 0. The number of nitriles is 1. The van der Waals surface area contributed by atoms with E-state index in [4.69, 9.17) is 21.6 Å². The monoisotopic (exact) mass is 389 g/mol. The standard InChI is InChI=1S/C18H16ClN3O3S/c19-14-3-7-16(8-4-14)26-10-9-17(23)21-22-18(24)12-25-15-5-1-13(11-20)2-6-15/h1-8H,9-10,12H2,(H,21,23)(H,22,24). The van der Waals surface area contributed by atoms with E-state index in [-0.39, 0.29) is 18.9 Å². The number of rotatable bonds is 7. The molecule has 26 heavy (non-hydrogen) atoms. The summed E-state index contributed by atoms with van der Waals surface area (Å²) in [5, 5.41) is 9.37. The number of benzene rings is 2. The van der Waals surface area contributed by atoms with Gasteiger partial charge in [0.1, 0.15) is 5.75 Å². The zero-order valence-corrected chi connectivity index (χ0v) is 15.3. The fourth-order valence-electron chi connectivity index (χ4n) is 1.80. The SMILES string of the molecule is N#Cc1ccc(OCC(=O)NNC(=O)CCSc2ccc(Cl)cc2)cc1. The minimum atomic E-state index is -0.479. The van der Waals surface area contributed by atoms with Gasteiger partial charge in [0.25, 0.3) is 5.91 Å². The lowest BCUT2D eigenvalue weighted by Crippen LogP contribution is -2.43. The van der Waals surface area contributed by atoms with Gasteiger partial charge in [0.2, 0.25) is 5.91 Å². The first-order valence-electron chi connectivity index (χ1n) is 7.66. The predicted octanol–water partition coefficient (Wildman–Crippen LogP) is 2.92. The molecule has 0 aliphatic heterocycles. The number of hydrogen-bond donors (Lipinski definition) is 2. The first kappa shape index (κ1) is 19.6. The van der Waals surface area contributed by atoms with Crippen molar-refractivity contribution in [1.29, 1.82) is 5.26 Å². The van der Waals surface area contributed by atoms with E-state index in [0.717, 1.165) is 4.90 Å². The molecule has 0 heterocycles. The first-order valence-corrected chi connectivity index (χ1v) is 9.02. The lowest BCUT2D eigenvalue weighted by molar-refractivity contribution is -0.129. The Labute approximate surface area is 160 Å². The van der Waals surface area contributed by atoms with E-state index in [1.807, 2.05) is 18.2 Å². The fraction of sp³-hybridized carbons (Fsp3) is 0.167. The van der Waals surface area contributed by atoms with Crippen molar-refractivity contribution in [2.45, 2.75) is 11.3 Å². The van der Waals surface area contributed by atoms with Crippen LogP contribution in [0.25, 0.3) is 0 Å². The van der Waals surface area contributed by atoms with Crippen molar-refractivity contribution in [1.82, 2.24) is 10.9 Å². The Balaban J connectivity index is 1.61. The first-order chi connectivity index (χ1) is 12.6. The number of halogens is 1. The fourth-order valence-corrected chi connectivity index (χ4v) is 2.78. The predicted molar refractivity (Wildman–Crippen MR) is 99.7 cm³/mol. The Morgan fingerprint density at radius 1 is 1.04 bits per heavy atom. The van der Waals surface area contributed by atoms with Crippen LogP contribution in [0.5, 0.6) is 5.75 Å². The molecule has 2 amide bonds. The Kier molecular flexibility index (Phi) is 7.80. The molecular weight excluding hydrogens is 374 g/mol. The van der Waals surface area contributed by atoms with Gasteiger partial charge in [0.15, 0.2) is 6.61 Å². The average molecular weight is 390 g/mol. The molecule has 2 rings (SSSR count). The minimum Gasteiger partial charge on any atom is -0.484 e. The molecule has 0 saturated heterocycles. The number of nitrogens with zero attached hydrogens (tertiary/aromatic N) is 1. The third-order valence-electron chi connectivity index (χ3n) is 3.11. The highest BCUT2D eigenvalue weighted by Gasteiger charge is 2.06. The average Bonchev–Trinajstić information content (AvgIpc) is 2.66. The van der Waals surface area contributed by atoms with Crippen molar-refractivity contribution < 1.29 is 14.3 Å². The van der Waals surface area contributed by atoms with Gasteiger partial charge in [-0.1, -0.05) is 11.6 Å². The summed E-state index contributed by atoms with van der Waals surface area (Å²) in [5.74, 6) is 0.265. The van der Waals surface area contributed by atoms with Crippen LogP contribution in [-0.2, 0) is 9.59 Å². The molecular formula is C18H16ClN3O3S. The minimum absolute atomic E-state index is 0.244. The molecule has 0 radical (unpaired) electrons. The largest absolute Gasteiger partial charge is 0.484 e. The van der Waals surface area contributed by atoms with Crippen LogP contribution in [0.3, 0.4) is 0 Å². The highest BCUT2D eigenvalue weighted by atomic mass is 35.5. The van der Waals surface area contributed by atoms with Crippen LogP contribution in [-0.4, -0.2) is 24.2 Å². The van der Waals surface area contributed by atoms with Crippen molar-refractivity contribution >= 4 is 35.2 Å². The molecule has 6 nitrogen and oxygen atoms in total. The van der Waals surface area contributed by atoms with Gasteiger partial charge in [-0.15, -0.1) is 11.8 Å². The molecule has 2 aromatic carbocycles. The molecule has 0 aromatic heterocycles. The van der Waals surface area contributed by atoms with Gasteiger partial charge in [0.05, 0.1) is 11.6 Å². The third-order valence-corrected chi connectivity index (χ3v) is 4.37. The van der Waals surface area contributed by atoms with Gasteiger partial charge < -0.3 is 4.74 Å². The van der Waals surface area contributed by atoms with E-state index in [1.54, 1.807) is 36.4 Å². The summed E-state index contributed by atoms with van der Waals surface area (Å²) < 4.78 is 5.26. The van der Waals surface area contributed by atoms with Gasteiger partial charge in [-0.25, -0.2) is 0 Å². The van der Waals surface area contributed by atoms with E-state index in [1.165, 1.54) is 11.8 Å². The maximum Gasteiger partial charge on any atom is 0.276 e. The van der Waals surface area contributed by atoms with Gasteiger partial charge in [0, 0.05) is 22.1 Å². The Morgan fingerprint density at radius 3 is 2.35 bits per heavy atom. The highest BCUT2D eigenvalue weighted by molar-refractivity contribution is 7.99. The molecule has 0 aliphatic carbocycles. The normalized spacial score (nSPS) is 9.85. The number of hydrazine groups is 1. The molecule has 8 heteroatoms. The second kappa shape index (κ2) is 10.3. The molecule has 134 valence electrons. The molecule has 0 aliphatic rings. The van der Waals surface area contributed by atoms with Crippen molar-refractivity contribution in [3.05, 3.63) is 59.1 Å². The second-order valence-corrected chi connectivity index (χ2v) is 6.68. The zero-order valence-electron chi connectivity index (χ0n) is 13.7. The molecule has 0 saturated carbocycles. The summed E-state index contributed by atoms with van der Waals surface area (Å²) in [6, 6.07) is 15.7. The van der Waals surface area contributed by atoms with E-state index < -0.39 is 5.91 Å². The van der Waals surface area contributed by atoms with Gasteiger partial charge in [-0.2, -0.15) is 5.26 Å². The van der Waals surface area contributed by atoms with E-state index in [2.05, 4.69) is 10.9 Å². The number of hydrogen-bond acceptors (Lipinski definition) is 5. The third kappa shape index (κ3) is 7.05. The van der Waals surface area contributed by atoms with Crippen LogP contribution >= 0.6 is 23.4 Å². The topological polar surface area (TPSA) is 91.2 Å². The number of thioether (sulfide) groups is 1. The maximum absolute atomic E-state index is 11.7. The van der Waals surface area contributed by atoms with Crippen molar-refractivity contribution in [2.24, 2.45) is 0 Å². The quantitative estimate of drug-likeness (QED) is 0.561. The molecule has 2 N–H and O–H groups in total. The Bertz CT molecular complexity index is 789. The highest BCUT2D eigenvalue weighted by Crippen LogP contribution is 2.20. The number of nitrogens with one attached hydrogen (secondary N) is 2. The number of ether oxygens (including phenoxy) is 1. The molecule has 0 unspecified atom stereocenters. The van der Waals surface area contributed by atoms with Crippen molar-refractivity contribution in [2.75, 3.05) is 12.4 Å². The number of carbonyl (C=O) groups is 2. The second-order valence-electron chi connectivity index (χ2n) is 5.07. The van der Waals surface area contributed by atoms with E-state index in [9.17, 15) is 9.59 Å². The van der Waals surface area contributed by atoms with E-state index in [0.29, 0.717) is 22.1 Å². The summed E-state index contributed by atoms with van der Waals surface area (Å²) in [6.45, 7) is -0.244. The van der Waals surface area contributed by atoms with Crippen LogP contribution in [0, 0.1) is 11.3 Å². The lowest BCUT2D eigenvalue weighted by Gasteiger charge is -2.09. The Morgan fingerprint density at radius 2 is 1.69 bits per heavy atom. The number of carbonyl (C=O) groups excluding carboxylic acids is 2. The van der Waals surface area contributed by atoms with Gasteiger partial charge in [-0.05, 0) is 48.5 Å². The summed E-state index contributed by atoms with van der Waals surface area (Å²) in [4.78, 5) is 24.4. The van der Waals surface area contributed by atoms with Crippen LogP contribution in [0.15, 0.2) is 53.4 Å². The molecule has 0 spiro atoms. The summed E-state index contributed by atoms with van der Waals surface area (Å²) >= 11 is 7.33.